The molecule has 0 saturated heterocycles. The molecule has 1 fully saturated rings. The van der Waals surface area contributed by atoms with E-state index in [1.54, 1.807) is 6.92 Å². The van der Waals surface area contributed by atoms with Crippen LogP contribution in [0, 0.1) is 16.0 Å². The number of nitro groups is 1. The SMILES string of the molecule is CCOC(=O)C1CC1[N+](=O)[O-]. The molecule has 0 aromatic carbocycles. The summed E-state index contributed by atoms with van der Waals surface area (Å²) in [5, 5.41) is 10.1. The molecule has 2 atom stereocenters. The summed E-state index contributed by atoms with van der Waals surface area (Å²) in [5.74, 6) is -0.917. The largest absolute Gasteiger partial charge is 0.466 e. The number of nitrogens with zero attached hydrogens (tertiary/aromatic N) is 1. The van der Waals surface area contributed by atoms with Crippen molar-refractivity contribution in [3.63, 3.8) is 0 Å². The zero-order chi connectivity index (χ0) is 8.43. The smallest absolute Gasteiger partial charge is 0.316 e. The Labute approximate surface area is 63.5 Å². The molecule has 11 heavy (non-hydrogen) atoms. The van der Waals surface area contributed by atoms with Gasteiger partial charge in [-0.15, -0.1) is 0 Å². The van der Waals surface area contributed by atoms with Crippen LogP contribution in [0.2, 0.25) is 0 Å². The van der Waals surface area contributed by atoms with Crippen molar-refractivity contribution < 1.29 is 14.5 Å². The highest BCUT2D eigenvalue weighted by molar-refractivity contribution is 5.76. The van der Waals surface area contributed by atoms with Gasteiger partial charge < -0.3 is 4.74 Å². The van der Waals surface area contributed by atoms with Crippen LogP contribution in [-0.2, 0) is 9.53 Å². The van der Waals surface area contributed by atoms with Crippen LogP contribution in [0.1, 0.15) is 13.3 Å². The maximum Gasteiger partial charge on any atom is 0.316 e. The van der Waals surface area contributed by atoms with E-state index < -0.39 is 22.9 Å². The molecule has 1 aliphatic rings. The van der Waals surface area contributed by atoms with Gasteiger partial charge in [-0.3, -0.25) is 14.9 Å². The van der Waals surface area contributed by atoms with Crippen LogP contribution in [0.5, 0.6) is 0 Å². The fourth-order valence-corrected chi connectivity index (χ4v) is 0.917. The Kier molecular flexibility index (Phi) is 2.07. The van der Waals surface area contributed by atoms with Gasteiger partial charge >= 0.3 is 5.97 Å². The van der Waals surface area contributed by atoms with Crippen molar-refractivity contribution in [2.24, 2.45) is 5.92 Å². The molecule has 1 aliphatic carbocycles. The van der Waals surface area contributed by atoms with Crippen LogP contribution in [0.15, 0.2) is 0 Å². The van der Waals surface area contributed by atoms with Crippen molar-refractivity contribution in [1.29, 1.82) is 0 Å². The lowest BCUT2D eigenvalue weighted by atomic mass is 10.4. The summed E-state index contributed by atoms with van der Waals surface area (Å²) < 4.78 is 4.60. The van der Waals surface area contributed by atoms with Gasteiger partial charge in [-0.2, -0.15) is 0 Å². The third kappa shape index (κ3) is 1.66. The summed E-state index contributed by atoms with van der Waals surface area (Å²) in [6, 6.07) is -0.686. The number of rotatable bonds is 3. The summed E-state index contributed by atoms with van der Waals surface area (Å²) in [6.07, 6.45) is 0.339. The van der Waals surface area contributed by atoms with Crippen LogP contribution in [-0.4, -0.2) is 23.5 Å². The van der Waals surface area contributed by atoms with E-state index in [1.165, 1.54) is 0 Å². The maximum atomic E-state index is 10.8. The first kappa shape index (κ1) is 7.97. The molecule has 0 aromatic heterocycles. The van der Waals surface area contributed by atoms with Crippen molar-refractivity contribution in [1.82, 2.24) is 0 Å². The monoisotopic (exact) mass is 159 g/mol. The molecule has 0 bridgehead atoms. The minimum absolute atomic E-state index is 0.291. The van der Waals surface area contributed by atoms with Crippen molar-refractivity contribution in [3.8, 4) is 0 Å². The molecule has 0 aliphatic heterocycles. The van der Waals surface area contributed by atoms with E-state index in [0.717, 1.165) is 0 Å². The van der Waals surface area contributed by atoms with Gasteiger partial charge in [0.25, 0.3) is 0 Å². The van der Waals surface area contributed by atoms with Gasteiger partial charge in [0.15, 0.2) is 0 Å². The van der Waals surface area contributed by atoms with E-state index in [1.807, 2.05) is 0 Å². The Morgan fingerprint density at radius 2 is 2.45 bits per heavy atom. The standard InChI is InChI=1S/C6H9NO4/c1-2-11-6(8)4-3-5(4)7(9)10/h4-5H,2-3H2,1H3. The highest BCUT2D eigenvalue weighted by Crippen LogP contribution is 2.33. The highest BCUT2D eigenvalue weighted by Gasteiger charge is 2.54. The summed E-state index contributed by atoms with van der Waals surface area (Å²) in [4.78, 5) is 20.4. The maximum absolute atomic E-state index is 10.8. The predicted octanol–water partition coefficient (Wildman–Crippen LogP) is 0.215. The van der Waals surface area contributed by atoms with E-state index in [0.29, 0.717) is 13.0 Å². The Balaban J connectivity index is 2.32. The molecule has 62 valence electrons. The zero-order valence-corrected chi connectivity index (χ0v) is 6.15. The molecule has 0 amide bonds. The first-order valence-corrected chi connectivity index (χ1v) is 3.47. The van der Waals surface area contributed by atoms with Gasteiger partial charge in [-0.1, -0.05) is 0 Å². The summed E-state index contributed by atoms with van der Waals surface area (Å²) >= 11 is 0. The Morgan fingerprint density at radius 3 is 2.82 bits per heavy atom. The molecular formula is C6H9NO4. The number of carbonyl (C=O) groups is 1. The van der Waals surface area contributed by atoms with Crippen LogP contribution >= 0.6 is 0 Å². The lowest BCUT2D eigenvalue weighted by Gasteiger charge is -1.96. The quantitative estimate of drug-likeness (QED) is 0.335. The molecule has 1 rings (SSSR count). The molecule has 5 nitrogen and oxygen atoms in total. The molecule has 1 saturated carbocycles. The van der Waals surface area contributed by atoms with Crippen molar-refractivity contribution in [2.45, 2.75) is 19.4 Å². The number of ether oxygens (including phenoxy) is 1. The first-order valence-electron chi connectivity index (χ1n) is 3.47. The molecule has 0 heterocycles. The van der Waals surface area contributed by atoms with Gasteiger partial charge in [0.1, 0.15) is 5.92 Å². The van der Waals surface area contributed by atoms with Gasteiger partial charge in [0.05, 0.1) is 6.61 Å². The third-order valence-corrected chi connectivity index (χ3v) is 1.62. The number of esters is 1. The second-order valence-corrected chi connectivity index (χ2v) is 2.45. The minimum Gasteiger partial charge on any atom is -0.466 e. The zero-order valence-electron chi connectivity index (χ0n) is 6.15. The minimum atomic E-state index is -0.686. The molecule has 0 aromatic rings. The van der Waals surface area contributed by atoms with Gasteiger partial charge in [-0.05, 0) is 6.92 Å². The van der Waals surface area contributed by atoms with Crippen molar-refractivity contribution in [2.75, 3.05) is 6.61 Å². The second kappa shape index (κ2) is 2.86. The van der Waals surface area contributed by atoms with Crippen LogP contribution in [0.25, 0.3) is 0 Å². The van der Waals surface area contributed by atoms with Crippen LogP contribution < -0.4 is 0 Å². The average Bonchev–Trinajstić information content (AvgIpc) is 2.65. The van der Waals surface area contributed by atoms with Crippen molar-refractivity contribution >= 4 is 5.97 Å². The molecular weight excluding hydrogens is 150 g/mol. The van der Waals surface area contributed by atoms with E-state index in [-0.39, 0.29) is 0 Å². The van der Waals surface area contributed by atoms with Crippen LogP contribution in [0.3, 0.4) is 0 Å². The predicted molar refractivity (Wildman–Crippen MR) is 35.5 cm³/mol. The second-order valence-electron chi connectivity index (χ2n) is 2.45. The normalized spacial score (nSPS) is 27.7. The fraction of sp³-hybridized carbons (Fsp3) is 0.833. The third-order valence-electron chi connectivity index (χ3n) is 1.62. The molecule has 2 unspecified atom stereocenters. The number of hydrogen-bond acceptors (Lipinski definition) is 4. The van der Waals surface area contributed by atoms with Crippen LogP contribution in [0.4, 0.5) is 0 Å². The lowest BCUT2D eigenvalue weighted by Crippen LogP contribution is -2.13. The van der Waals surface area contributed by atoms with E-state index in [9.17, 15) is 14.9 Å². The molecule has 5 heteroatoms. The topological polar surface area (TPSA) is 69.4 Å². The van der Waals surface area contributed by atoms with E-state index in [4.69, 9.17) is 0 Å². The molecule has 0 N–H and O–H groups in total. The van der Waals surface area contributed by atoms with Gasteiger partial charge in [0.2, 0.25) is 6.04 Å². The Bertz CT molecular complexity index is 191. The molecule has 0 radical (unpaired) electrons. The van der Waals surface area contributed by atoms with Gasteiger partial charge in [0, 0.05) is 11.3 Å². The summed E-state index contributed by atoms with van der Waals surface area (Å²) in [6.45, 7) is 1.97. The number of hydrogen-bond donors (Lipinski definition) is 0. The highest BCUT2D eigenvalue weighted by atomic mass is 16.6. The molecule has 0 spiro atoms. The van der Waals surface area contributed by atoms with E-state index in [2.05, 4.69) is 4.74 Å². The lowest BCUT2D eigenvalue weighted by molar-refractivity contribution is -0.497. The fourth-order valence-electron chi connectivity index (χ4n) is 0.917. The Morgan fingerprint density at radius 1 is 1.82 bits per heavy atom. The first-order chi connectivity index (χ1) is 5.16. The van der Waals surface area contributed by atoms with E-state index >= 15 is 0 Å². The average molecular weight is 159 g/mol. The van der Waals surface area contributed by atoms with Crippen molar-refractivity contribution in [3.05, 3.63) is 10.1 Å². The summed E-state index contributed by atoms with van der Waals surface area (Å²) in [5.41, 5.74) is 0. The van der Waals surface area contributed by atoms with Gasteiger partial charge in [-0.25, -0.2) is 0 Å². The summed E-state index contributed by atoms with van der Waals surface area (Å²) in [7, 11) is 0. The Hall–Kier alpha value is -1.13. The number of carbonyl (C=O) groups excluding carboxylic acids is 1.